The summed E-state index contributed by atoms with van der Waals surface area (Å²) < 4.78 is 1.78. The minimum Gasteiger partial charge on any atom is -0.396 e. The number of nitrogens with zero attached hydrogens (tertiary/aromatic N) is 4. The zero-order valence-corrected chi connectivity index (χ0v) is 10.0. The number of hydrogen-bond donors (Lipinski definition) is 1. The Bertz CT molecular complexity index is 533. The fraction of sp³-hybridized carbons (Fsp3) is 0.500. The second kappa shape index (κ2) is 4.00. The quantitative estimate of drug-likeness (QED) is 0.841. The minimum atomic E-state index is 0.453. The normalized spacial score (nSPS) is 21.4. The average Bonchev–Trinajstić information content (AvgIpc) is 2.95. The summed E-state index contributed by atoms with van der Waals surface area (Å²) in [5.41, 5.74) is 7.35. The van der Waals surface area contributed by atoms with Gasteiger partial charge in [-0.05, 0) is 31.6 Å². The van der Waals surface area contributed by atoms with Gasteiger partial charge in [0.1, 0.15) is 0 Å². The largest absolute Gasteiger partial charge is 0.396 e. The summed E-state index contributed by atoms with van der Waals surface area (Å²) in [6.45, 7) is 5.50. The van der Waals surface area contributed by atoms with Gasteiger partial charge in [-0.3, -0.25) is 0 Å². The predicted octanol–water partition coefficient (Wildman–Crippen LogP) is 1.12. The van der Waals surface area contributed by atoms with Gasteiger partial charge in [0.2, 0.25) is 0 Å². The third-order valence-electron chi connectivity index (χ3n) is 3.49. The van der Waals surface area contributed by atoms with Crippen LogP contribution in [0.1, 0.15) is 25.1 Å². The first-order valence-electron chi connectivity index (χ1n) is 6.11. The van der Waals surface area contributed by atoms with Gasteiger partial charge in [-0.2, -0.15) is 5.10 Å². The molecular formula is C12H17N5. The van der Waals surface area contributed by atoms with Crippen LogP contribution in [0.25, 0.3) is 5.65 Å². The second-order valence-corrected chi connectivity index (χ2v) is 4.58. The van der Waals surface area contributed by atoms with E-state index in [0.29, 0.717) is 11.6 Å². The number of hydrogen-bond acceptors (Lipinski definition) is 4. The lowest BCUT2D eigenvalue weighted by Gasteiger charge is -2.10. The zero-order chi connectivity index (χ0) is 11.8. The van der Waals surface area contributed by atoms with Crippen molar-refractivity contribution < 1.29 is 0 Å². The van der Waals surface area contributed by atoms with Crippen LogP contribution in [0.3, 0.4) is 0 Å². The molecule has 3 heterocycles. The number of pyridine rings is 1. The second-order valence-electron chi connectivity index (χ2n) is 4.58. The van der Waals surface area contributed by atoms with Crippen molar-refractivity contribution in [1.82, 2.24) is 19.5 Å². The summed E-state index contributed by atoms with van der Waals surface area (Å²) in [7, 11) is 0. The Labute approximate surface area is 100 Å². The fourth-order valence-electron chi connectivity index (χ4n) is 2.45. The third-order valence-corrected chi connectivity index (χ3v) is 3.49. The topological polar surface area (TPSA) is 59.5 Å². The summed E-state index contributed by atoms with van der Waals surface area (Å²) in [6.07, 6.45) is 3.04. The first kappa shape index (κ1) is 10.5. The molecule has 1 aliphatic heterocycles. The van der Waals surface area contributed by atoms with E-state index in [1.165, 1.54) is 0 Å². The van der Waals surface area contributed by atoms with E-state index >= 15 is 0 Å². The molecule has 17 heavy (non-hydrogen) atoms. The van der Waals surface area contributed by atoms with Gasteiger partial charge in [0.05, 0.1) is 5.69 Å². The highest BCUT2D eigenvalue weighted by Gasteiger charge is 2.26. The predicted molar refractivity (Wildman–Crippen MR) is 66.9 cm³/mol. The first-order chi connectivity index (χ1) is 8.28. The third kappa shape index (κ3) is 1.76. The van der Waals surface area contributed by atoms with E-state index in [4.69, 9.17) is 5.73 Å². The number of nitrogen functional groups attached to an aromatic ring is 1. The molecule has 90 valence electrons. The Hall–Kier alpha value is -1.62. The van der Waals surface area contributed by atoms with Gasteiger partial charge in [0.15, 0.2) is 11.5 Å². The van der Waals surface area contributed by atoms with E-state index in [1.54, 1.807) is 4.52 Å². The van der Waals surface area contributed by atoms with E-state index < -0.39 is 0 Å². The summed E-state index contributed by atoms with van der Waals surface area (Å²) in [4.78, 5) is 6.99. The molecule has 0 radical (unpaired) electrons. The van der Waals surface area contributed by atoms with Crippen LogP contribution in [0.2, 0.25) is 0 Å². The molecule has 0 aromatic carbocycles. The Kier molecular flexibility index (Phi) is 2.48. The van der Waals surface area contributed by atoms with E-state index in [0.717, 1.165) is 37.5 Å². The standard InChI is InChI=1S/C12H17N5/c1-2-16-7-5-9(8-16)11-14-12-10(13)4-3-6-17(12)15-11/h3-4,6,9H,2,5,7-8,13H2,1H3. The summed E-state index contributed by atoms with van der Waals surface area (Å²) in [6, 6.07) is 3.76. The molecule has 5 heteroatoms. The zero-order valence-electron chi connectivity index (χ0n) is 10.0. The maximum atomic E-state index is 5.89. The molecule has 0 aliphatic carbocycles. The first-order valence-corrected chi connectivity index (χ1v) is 6.11. The summed E-state index contributed by atoms with van der Waals surface area (Å²) in [5, 5.41) is 4.52. The van der Waals surface area contributed by atoms with Gasteiger partial charge in [-0.25, -0.2) is 9.50 Å². The van der Waals surface area contributed by atoms with Crippen molar-refractivity contribution in [3.05, 3.63) is 24.2 Å². The van der Waals surface area contributed by atoms with E-state index in [1.807, 2.05) is 18.3 Å². The molecule has 0 amide bonds. The molecule has 1 atom stereocenters. The van der Waals surface area contributed by atoms with Crippen molar-refractivity contribution in [2.75, 3.05) is 25.4 Å². The number of likely N-dealkylation sites (tertiary alicyclic amines) is 1. The molecule has 1 aliphatic rings. The molecule has 0 spiro atoms. The van der Waals surface area contributed by atoms with Crippen molar-refractivity contribution >= 4 is 11.3 Å². The Balaban J connectivity index is 1.94. The Morgan fingerprint density at radius 1 is 1.53 bits per heavy atom. The number of nitrogens with two attached hydrogens (primary N) is 1. The van der Waals surface area contributed by atoms with Crippen LogP contribution < -0.4 is 5.73 Å². The highest BCUT2D eigenvalue weighted by Crippen LogP contribution is 2.25. The van der Waals surface area contributed by atoms with Crippen LogP contribution in [0.15, 0.2) is 18.3 Å². The molecule has 0 bridgehead atoms. The molecule has 2 aromatic heterocycles. The van der Waals surface area contributed by atoms with Crippen LogP contribution in [0.5, 0.6) is 0 Å². The molecule has 2 N–H and O–H groups in total. The van der Waals surface area contributed by atoms with Gasteiger partial charge in [0, 0.05) is 18.7 Å². The average molecular weight is 231 g/mol. The van der Waals surface area contributed by atoms with Gasteiger partial charge in [-0.15, -0.1) is 0 Å². The smallest absolute Gasteiger partial charge is 0.178 e. The van der Waals surface area contributed by atoms with Crippen molar-refractivity contribution in [3.8, 4) is 0 Å². The summed E-state index contributed by atoms with van der Waals surface area (Å²) in [5.74, 6) is 1.38. The highest BCUT2D eigenvalue weighted by atomic mass is 15.3. The van der Waals surface area contributed by atoms with Crippen LogP contribution in [-0.4, -0.2) is 39.1 Å². The highest BCUT2D eigenvalue weighted by molar-refractivity contribution is 5.63. The van der Waals surface area contributed by atoms with Crippen molar-refractivity contribution in [3.63, 3.8) is 0 Å². The van der Waals surface area contributed by atoms with Crippen LogP contribution in [0, 0.1) is 0 Å². The van der Waals surface area contributed by atoms with Gasteiger partial charge in [0.25, 0.3) is 0 Å². The van der Waals surface area contributed by atoms with Crippen LogP contribution in [0.4, 0.5) is 5.69 Å². The Morgan fingerprint density at radius 3 is 3.12 bits per heavy atom. The van der Waals surface area contributed by atoms with Crippen molar-refractivity contribution in [2.45, 2.75) is 19.3 Å². The van der Waals surface area contributed by atoms with E-state index in [2.05, 4.69) is 21.9 Å². The fourth-order valence-corrected chi connectivity index (χ4v) is 2.45. The number of anilines is 1. The maximum absolute atomic E-state index is 5.89. The van der Waals surface area contributed by atoms with E-state index in [-0.39, 0.29) is 0 Å². The van der Waals surface area contributed by atoms with Crippen LogP contribution >= 0.6 is 0 Å². The van der Waals surface area contributed by atoms with Crippen molar-refractivity contribution in [1.29, 1.82) is 0 Å². The van der Waals surface area contributed by atoms with Crippen molar-refractivity contribution in [2.24, 2.45) is 0 Å². The lowest BCUT2D eigenvalue weighted by Crippen LogP contribution is -2.19. The molecule has 3 rings (SSSR count). The number of fused-ring (bicyclic) bond motifs is 1. The lowest BCUT2D eigenvalue weighted by molar-refractivity contribution is 0.352. The van der Waals surface area contributed by atoms with Crippen LogP contribution in [-0.2, 0) is 0 Å². The Morgan fingerprint density at radius 2 is 2.41 bits per heavy atom. The van der Waals surface area contributed by atoms with Gasteiger partial charge >= 0.3 is 0 Å². The molecule has 2 aromatic rings. The van der Waals surface area contributed by atoms with Gasteiger partial charge in [-0.1, -0.05) is 6.92 Å². The maximum Gasteiger partial charge on any atom is 0.178 e. The minimum absolute atomic E-state index is 0.453. The lowest BCUT2D eigenvalue weighted by atomic mass is 10.1. The number of aromatic nitrogens is 3. The SMILES string of the molecule is CCN1CCC(c2nc3c(N)cccn3n2)C1. The molecule has 1 fully saturated rings. The number of likely N-dealkylation sites (N-methyl/N-ethyl adjacent to an activating group) is 1. The molecule has 0 saturated carbocycles. The molecular weight excluding hydrogens is 214 g/mol. The summed E-state index contributed by atoms with van der Waals surface area (Å²) >= 11 is 0. The molecule has 5 nitrogen and oxygen atoms in total. The van der Waals surface area contributed by atoms with Gasteiger partial charge < -0.3 is 10.6 Å². The van der Waals surface area contributed by atoms with E-state index in [9.17, 15) is 0 Å². The monoisotopic (exact) mass is 231 g/mol. The molecule has 1 saturated heterocycles. The molecule has 1 unspecified atom stereocenters. The number of rotatable bonds is 2.